The van der Waals surface area contributed by atoms with Crippen molar-refractivity contribution in [2.24, 2.45) is 0 Å². The minimum atomic E-state index is -1.52. The number of ether oxygens (including phenoxy) is 2. The fraction of sp³-hybridized carbons (Fsp3) is 0.350. The number of hydrogen-bond donors (Lipinski definition) is 5. The van der Waals surface area contributed by atoms with Crippen LogP contribution >= 0.6 is 0 Å². The molecule has 0 radical (unpaired) electrons. The first kappa shape index (κ1) is 20.2. The maximum atomic E-state index is 11.1. The van der Waals surface area contributed by atoms with Gasteiger partial charge in [-0.05, 0) is 47.9 Å². The third kappa shape index (κ3) is 4.01. The summed E-state index contributed by atoms with van der Waals surface area (Å²) in [6.45, 7) is 1.23. The van der Waals surface area contributed by atoms with Gasteiger partial charge in [-0.1, -0.05) is 18.2 Å². The van der Waals surface area contributed by atoms with Crippen molar-refractivity contribution in [2.45, 2.75) is 37.6 Å². The van der Waals surface area contributed by atoms with Crippen molar-refractivity contribution in [1.82, 2.24) is 0 Å². The molecule has 0 aliphatic carbocycles. The summed E-state index contributed by atoms with van der Waals surface area (Å²) in [4.78, 5) is 11.1. The highest BCUT2D eigenvalue weighted by Gasteiger charge is 2.44. The molecule has 2 aromatic carbocycles. The number of carboxylic acid groups (broad SMARTS) is 1. The van der Waals surface area contributed by atoms with Crippen LogP contribution < -0.4 is 4.74 Å². The van der Waals surface area contributed by atoms with Crippen molar-refractivity contribution < 1.29 is 39.8 Å². The first-order valence-corrected chi connectivity index (χ1v) is 8.73. The monoisotopic (exact) mass is 390 g/mol. The number of benzene rings is 2. The molecule has 1 saturated heterocycles. The summed E-state index contributed by atoms with van der Waals surface area (Å²) in [6, 6.07) is 11.7. The predicted molar refractivity (Wildman–Crippen MR) is 98.0 cm³/mol. The van der Waals surface area contributed by atoms with E-state index in [1.54, 1.807) is 43.3 Å². The van der Waals surface area contributed by atoms with Crippen LogP contribution in [0.2, 0.25) is 0 Å². The lowest BCUT2D eigenvalue weighted by Crippen LogP contribution is -2.60. The quantitative estimate of drug-likeness (QED) is 0.499. The standard InChI is InChI=1S/C20H22O8/c1-10-7-12(11-3-2-4-13(8-11)19(25)26)5-6-14(10)27-20-18(24)17(23)16(22)15(9-21)28-20/h2-8,15-18,20-24H,9H2,1H3,(H,25,26)/t15-,16+,17+,18-,20-/m0/s1. The lowest BCUT2D eigenvalue weighted by atomic mass is 9.99. The van der Waals surface area contributed by atoms with Gasteiger partial charge in [0.25, 0.3) is 0 Å². The molecule has 1 fully saturated rings. The Labute approximate surface area is 161 Å². The van der Waals surface area contributed by atoms with E-state index in [1.807, 2.05) is 0 Å². The summed E-state index contributed by atoms with van der Waals surface area (Å²) in [5, 5.41) is 48.2. The van der Waals surface area contributed by atoms with Crippen LogP contribution in [0.25, 0.3) is 11.1 Å². The van der Waals surface area contributed by atoms with Gasteiger partial charge in [-0.25, -0.2) is 4.79 Å². The molecular formula is C20H22O8. The predicted octanol–water partition coefficient (Wildman–Crippen LogP) is 0.539. The van der Waals surface area contributed by atoms with Crippen LogP contribution in [0.4, 0.5) is 0 Å². The zero-order valence-electron chi connectivity index (χ0n) is 15.1. The Bertz CT molecular complexity index is 850. The highest BCUT2D eigenvalue weighted by Crippen LogP contribution is 2.30. The van der Waals surface area contributed by atoms with Crippen LogP contribution in [0.5, 0.6) is 5.75 Å². The zero-order chi connectivity index (χ0) is 20.4. The molecule has 2 aromatic rings. The Morgan fingerprint density at radius 1 is 1.04 bits per heavy atom. The maximum absolute atomic E-state index is 11.1. The molecule has 150 valence electrons. The van der Waals surface area contributed by atoms with Gasteiger partial charge >= 0.3 is 5.97 Å². The summed E-state index contributed by atoms with van der Waals surface area (Å²) < 4.78 is 11.0. The molecule has 1 aliphatic rings. The minimum Gasteiger partial charge on any atom is -0.478 e. The summed E-state index contributed by atoms with van der Waals surface area (Å²) in [7, 11) is 0. The van der Waals surface area contributed by atoms with E-state index in [4.69, 9.17) is 14.6 Å². The number of aromatic carboxylic acids is 1. The van der Waals surface area contributed by atoms with E-state index < -0.39 is 43.3 Å². The molecule has 0 aromatic heterocycles. The Hall–Kier alpha value is -2.49. The number of aryl methyl sites for hydroxylation is 1. The Morgan fingerprint density at radius 2 is 1.75 bits per heavy atom. The average Bonchev–Trinajstić information content (AvgIpc) is 2.69. The van der Waals surface area contributed by atoms with E-state index in [0.717, 1.165) is 11.1 Å². The van der Waals surface area contributed by atoms with Gasteiger partial charge in [0.15, 0.2) is 0 Å². The third-order valence-electron chi connectivity index (χ3n) is 4.71. The van der Waals surface area contributed by atoms with Gasteiger partial charge in [0.1, 0.15) is 30.2 Å². The normalized spacial score (nSPS) is 27.4. The summed E-state index contributed by atoms with van der Waals surface area (Å²) >= 11 is 0. The molecule has 0 amide bonds. The molecule has 5 N–H and O–H groups in total. The van der Waals surface area contributed by atoms with E-state index in [9.17, 15) is 25.2 Å². The molecule has 0 bridgehead atoms. The van der Waals surface area contributed by atoms with Crippen LogP contribution in [0.1, 0.15) is 15.9 Å². The molecule has 3 rings (SSSR count). The van der Waals surface area contributed by atoms with Gasteiger partial charge in [0.2, 0.25) is 6.29 Å². The molecule has 8 nitrogen and oxygen atoms in total. The number of aliphatic hydroxyl groups is 4. The van der Waals surface area contributed by atoms with E-state index in [2.05, 4.69) is 0 Å². The summed E-state index contributed by atoms with van der Waals surface area (Å²) in [6.07, 6.45) is -6.79. The SMILES string of the molecule is Cc1cc(-c2cccc(C(=O)O)c2)ccc1O[C@H]1O[C@@H](CO)[C@@H](O)[C@@H](O)[C@@H]1O. The van der Waals surface area contributed by atoms with E-state index in [0.29, 0.717) is 11.3 Å². The lowest BCUT2D eigenvalue weighted by Gasteiger charge is -2.39. The second kappa shape index (κ2) is 8.26. The van der Waals surface area contributed by atoms with Gasteiger partial charge in [0, 0.05) is 0 Å². The molecule has 0 spiro atoms. The Kier molecular flexibility index (Phi) is 5.97. The van der Waals surface area contributed by atoms with Gasteiger partial charge in [-0.2, -0.15) is 0 Å². The molecule has 8 heteroatoms. The third-order valence-corrected chi connectivity index (χ3v) is 4.71. The molecule has 0 unspecified atom stereocenters. The van der Waals surface area contributed by atoms with Crippen LogP contribution in [0, 0.1) is 6.92 Å². The number of carboxylic acids is 1. The molecule has 1 aliphatic heterocycles. The lowest BCUT2D eigenvalue weighted by molar-refractivity contribution is -0.277. The number of carbonyl (C=O) groups is 1. The van der Waals surface area contributed by atoms with Crippen LogP contribution in [-0.4, -0.2) is 68.8 Å². The van der Waals surface area contributed by atoms with Gasteiger partial charge in [-0.15, -0.1) is 0 Å². The second-order valence-electron chi connectivity index (χ2n) is 6.68. The topological polar surface area (TPSA) is 137 Å². The first-order chi connectivity index (χ1) is 13.3. The van der Waals surface area contributed by atoms with Crippen molar-refractivity contribution in [3.8, 4) is 16.9 Å². The summed E-state index contributed by atoms with van der Waals surface area (Å²) in [5.41, 5.74) is 2.37. The molecular weight excluding hydrogens is 368 g/mol. The number of aliphatic hydroxyl groups excluding tert-OH is 4. The highest BCUT2D eigenvalue weighted by molar-refractivity contribution is 5.89. The van der Waals surface area contributed by atoms with E-state index in [1.165, 1.54) is 6.07 Å². The fourth-order valence-corrected chi connectivity index (χ4v) is 3.08. The van der Waals surface area contributed by atoms with Gasteiger partial charge in [0.05, 0.1) is 12.2 Å². The van der Waals surface area contributed by atoms with Crippen molar-refractivity contribution in [3.63, 3.8) is 0 Å². The van der Waals surface area contributed by atoms with Gasteiger partial charge in [-0.3, -0.25) is 0 Å². The largest absolute Gasteiger partial charge is 0.478 e. The Balaban J connectivity index is 1.81. The summed E-state index contributed by atoms with van der Waals surface area (Å²) in [5.74, 6) is -0.636. The van der Waals surface area contributed by atoms with Crippen molar-refractivity contribution in [3.05, 3.63) is 53.6 Å². The van der Waals surface area contributed by atoms with Gasteiger partial charge < -0.3 is 35.0 Å². The smallest absolute Gasteiger partial charge is 0.335 e. The van der Waals surface area contributed by atoms with E-state index in [-0.39, 0.29) is 5.56 Å². The number of rotatable bonds is 5. The van der Waals surface area contributed by atoms with Crippen LogP contribution in [0.15, 0.2) is 42.5 Å². The second-order valence-corrected chi connectivity index (χ2v) is 6.68. The number of hydrogen-bond acceptors (Lipinski definition) is 7. The highest BCUT2D eigenvalue weighted by atomic mass is 16.7. The van der Waals surface area contributed by atoms with Crippen LogP contribution in [0.3, 0.4) is 0 Å². The molecule has 0 saturated carbocycles. The molecule has 28 heavy (non-hydrogen) atoms. The molecule has 1 heterocycles. The van der Waals surface area contributed by atoms with E-state index >= 15 is 0 Å². The van der Waals surface area contributed by atoms with Crippen molar-refractivity contribution in [2.75, 3.05) is 6.61 Å². The minimum absolute atomic E-state index is 0.178. The first-order valence-electron chi connectivity index (χ1n) is 8.73. The molecule has 5 atom stereocenters. The van der Waals surface area contributed by atoms with Crippen molar-refractivity contribution in [1.29, 1.82) is 0 Å². The maximum Gasteiger partial charge on any atom is 0.335 e. The zero-order valence-corrected chi connectivity index (χ0v) is 15.1. The fourth-order valence-electron chi connectivity index (χ4n) is 3.08. The van der Waals surface area contributed by atoms with Crippen LogP contribution in [-0.2, 0) is 4.74 Å². The average molecular weight is 390 g/mol. The van der Waals surface area contributed by atoms with Crippen molar-refractivity contribution >= 4 is 5.97 Å². The Morgan fingerprint density at radius 3 is 2.39 bits per heavy atom.